The van der Waals surface area contributed by atoms with Crippen molar-refractivity contribution in [1.82, 2.24) is 9.97 Å². The van der Waals surface area contributed by atoms with E-state index in [1.807, 2.05) is 26.0 Å². The molecule has 0 radical (unpaired) electrons. The predicted octanol–water partition coefficient (Wildman–Crippen LogP) is 12.4. The number of allylic oxidation sites excluding steroid dienone is 2. The third-order valence-electron chi connectivity index (χ3n) is 9.35. The molecule has 238 valence electrons. The SMILES string of the molecule is C=C1/C(=C(/c2ccc(-c3nc(-c4cccc(-c5ccccc5)c4)c4ccccc4n3)cc2)c2ccccc2C)CCc2ccccc21.CC. The standard InChI is InChI=1S/C45H34N2.C2H6/c1-30-13-6-8-19-38(30)43(40-28-27-33-16-7-9-20-39(33)31(40)2)34-23-25-35(26-24-34)45-46-42-22-11-10-21-41(42)44(47-45)37-18-12-17-36(29-37)32-14-4-3-5-15-32;1-2/h3-26,29H,2,27-28H2,1H3;1-2H3/b43-40-;. The number of para-hydroxylation sites is 1. The molecule has 8 rings (SSSR count). The Morgan fingerprint density at radius 1 is 0.571 bits per heavy atom. The van der Waals surface area contributed by atoms with Crippen molar-refractivity contribution >= 4 is 22.0 Å². The molecule has 49 heavy (non-hydrogen) atoms. The first-order chi connectivity index (χ1) is 24.1. The fourth-order valence-corrected chi connectivity index (χ4v) is 6.92. The molecule has 1 aliphatic carbocycles. The average Bonchev–Trinajstić information content (AvgIpc) is 3.17. The van der Waals surface area contributed by atoms with Crippen molar-refractivity contribution < 1.29 is 0 Å². The Morgan fingerprint density at radius 2 is 1.24 bits per heavy atom. The van der Waals surface area contributed by atoms with Crippen LogP contribution in [0.2, 0.25) is 0 Å². The van der Waals surface area contributed by atoms with Crippen LogP contribution < -0.4 is 0 Å². The highest BCUT2D eigenvalue weighted by atomic mass is 14.9. The van der Waals surface area contributed by atoms with Gasteiger partial charge in [-0.3, -0.25) is 0 Å². The second-order valence-electron chi connectivity index (χ2n) is 12.2. The number of hydrogen-bond donors (Lipinski definition) is 0. The van der Waals surface area contributed by atoms with Crippen LogP contribution in [0.5, 0.6) is 0 Å². The Labute approximate surface area is 290 Å². The number of rotatable bonds is 5. The molecule has 0 saturated carbocycles. The summed E-state index contributed by atoms with van der Waals surface area (Å²) < 4.78 is 0. The highest BCUT2D eigenvalue weighted by molar-refractivity contribution is 5.97. The lowest BCUT2D eigenvalue weighted by Crippen LogP contribution is -2.07. The average molecular weight is 633 g/mol. The van der Waals surface area contributed by atoms with E-state index in [2.05, 4.69) is 153 Å². The van der Waals surface area contributed by atoms with Gasteiger partial charge in [-0.25, -0.2) is 9.97 Å². The fourth-order valence-electron chi connectivity index (χ4n) is 6.92. The van der Waals surface area contributed by atoms with Crippen molar-refractivity contribution in [2.24, 2.45) is 0 Å². The lowest BCUT2D eigenvalue weighted by Gasteiger charge is -2.26. The van der Waals surface area contributed by atoms with E-state index in [4.69, 9.17) is 9.97 Å². The molecule has 0 bridgehead atoms. The normalized spacial score (nSPS) is 13.3. The summed E-state index contributed by atoms with van der Waals surface area (Å²) in [6.45, 7) is 10.8. The quantitative estimate of drug-likeness (QED) is 0.189. The van der Waals surface area contributed by atoms with Crippen LogP contribution in [0.15, 0.2) is 164 Å². The van der Waals surface area contributed by atoms with E-state index in [0.29, 0.717) is 0 Å². The van der Waals surface area contributed by atoms with Gasteiger partial charge in [-0.05, 0) is 87.6 Å². The summed E-state index contributed by atoms with van der Waals surface area (Å²) in [5.74, 6) is 0.719. The minimum atomic E-state index is 0.719. The van der Waals surface area contributed by atoms with Crippen molar-refractivity contribution in [2.45, 2.75) is 33.6 Å². The first-order valence-corrected chi connectivity index (χ1v) is 17.2. The van der Waals surface area contributed by atoms with Gasteiger partial charge in [0.1, 0.15) is 0 Å². The van der Waals surface area contributed by atoms with Crippen LogP contribution in [0.1, 0.15) is 48.1 Å². The maximum absolute atomic E-state index is 5.21. The molecule has 1 heterocycles. The number of nitrogens with zero attached hydrogens (tertiary/aromatic N) is 2. The summed E-state index contributed by atoms with van der Waals surface area (Å²) in [5.41, 5.74) is 16.3. The second kappa shape index (κ2) is 14.1. The first-order valence-electron chi connectivity index (χ1n) is 17.2. The molecule has 0 atom stereocenters. The molecule has 0 saturated heterocycles. The summed E-state index contributed by atoms with van der Waals surface area (Å²) >= 11 is 0. The summed E-state index contributed by atoms with van der Waals surface area (Å²) in [4.78, 5) is 10.3. The van der Waals surface area contributed by atoms with Crippen LogP contribution in [0.4, 0.5) is 0 Å². The Balaban J connectivity index is 0.00000186. The molecule has 0 aliphatic heterocycles. The molecule has 0 unspecified atom stereocenters. The third kappa shape index (κ3) is 6.26. The van der Waals surface area contributed by atoms with Gasteiger partial charge in [0.2, 0.25) is 0 Å². The fraction of sp³-hybridized carbons (Fsp3) is 0.106. The number of aromatic nitrogens is 2. The Morgan fingerprint density at radius 3 is 2.06 bits per heavy atom. The maximum atomic E-state index is 5.21. The summed E-state index contributed by atoms with van der Waals surface area (Å²) in [6, 6.07) is 53.6. The predicted molar refractivity (Wildman–Crippen MR) is 208 cm³/mol. The highest BCUT2D eigenvalue weighted by Gasteiger charge is 2.23. The van der Waals surface area contributed by atoms with E-state index in [-0.39, 0.29) is 0 Å². The zero-order valence-corrected chi connectivity index (χ0v) is 28.4. The van der Waals surface area contributed by atoms with Gasteiger partial charge >= 0.3 is 0 Å². The largest absolute Gasteiger partial charge is 0.228 e. The summed E-state index contributed by atoms with van der Waals surface area (Å²) in [5, 5.41) is 1.04. The van der Waals surface area contributed by atoms with Gasteiger partial charge in [0.25, 0.3) is 0 Å². The highest BCUT2D eigenvalue weighted by Crippen LogP contribution is 2.42. The Hall–Kier alpha value is -5.86. The van der Waals surface area contributed by atoms with Gasteiger partial charge in [0, 0.05) is 16.5 Å². The van der Waals surface area contributed by atoms with Gasteiger partial charge in [-0.15, -0.1) is 0 Å². The van der Waals surface area contributed by atoms with Crippen LogP contribution in [0.3, 0.4) is 0 Å². The van der Waals surface area contributed by atoms with Crippen LogP contribution in [0, 0.1) is 6.92 Å². The maximum Gasteiger partial charge on any atom is 0.160 e. The molecule has 7 aromatic rings. The molecule has 0 N–H and O–H groups in total. The Kier molecular flexibility index (Phi) is 9.12. The van der Waals surface area contributed by atoms with E-state index >= 15 is 0 Å². The van der Waals surface area contributed by atoms with Gasteiger partial charge in [0.15, 0.2) is 5.82 Å². The van der Waals surface area contributed by atoms with E-state index in [1.54, 1.807) is 0 Å². The summed E-state index contributed by atoms with van der Waals surface area (Å²) in [7, 11) is 0. The molecule has 1 aromatic heterocycles. The number of hydrogen-bond acceptors (Lipinski definition) is 2. The smallest absolute Gasteiger partial charge is 0.160 e. The second-order valence-corrected chi connectivity index (χ2v) is 12.2. The zero-order chi connectivity index (χ0) is 33.7. The summed E-state index contributed by atoms with van der Waals surface area (Å²) in [6.07, 6.45) is 1.97. The monoisotopic (exact) mass is 632 g/mol. The Bertz CT molecular complexity index is 2310. The van der Waals surface area contributed by atoms with Crippen molar-refractivity contribution in [3.63, 3.8) is 0 Å². The molecule has 6 aromatic carbocycles. The van der Waals surface area contributed by atoms with Crippen molar-refractivity contribution in [2.75, 3.05) is 0 Å². The van der Waals surface area contributed by atoms with Crippen molar-refractivity contribution in [1.29, 1.82) is 0 Å². The van der Waals surface area contributed by atoms with Crippen molar-refractivity contribution in [3.05, 3.63) is 192 Å². The van der Waals surface area contributed by atoms with Crippen LogP contribution >= 0.6 is 0 Å². The lowest BCUT2D eigenvalue weighted by molar-refractivity contribution is 0.942. The molecule has 1 aliphatic rings. The number of aryl methyl sites for hydroxylation is 2. The number of fused-ring (bicyclic) bond motifs is 2. The van der Waals surface area contributed by atoms with Crippen molar-refractivity contribution in [3.8, 4) is 33.8 Å². The molecule has 0 amide bonds. The molecule has 2 heteroatoms. The number of benzene rings is 6. The topological polar surface area (TPSA) is 25.8 Å². The minimum absolute atomic E-state index is 0.719. The molecular weight excluding hydrogens is 593 g/mol. The van der Waals surface area contributed by atoms with E-state index in [0.717, 1.165) is 52.0 Å². The molecule has 2 nitrogen and oxygen atoms in total. The van der Waals surface area contributed by atoms with E-state index < -0.39 is 0 Å². The molecule has 0 fully saturated rings. The molecule has 0 spiro atoms. The van der Waals surface area contributed by atoms with Gasteiger partial charge < -0.3 is 0 Å². The van der Waals surface area contributed by atoms with Gasteiger partial charge in [-0.1, -0.05) is 160 Å². The zero-order valence-electron chi connectivity index (χ0n) is 28.4. The van der Waals surface area contributed by atoms with Crippen LogP contribution in [-0.2, 0) is 6.42 Å². The van der Waals surface area contributed by atoms with E-state index in [9.17, 15) is 0 Å². The minimum Gasteiger partial charge on any atom is -0.228 e. The lowest BCUT2D eigenvalue weighted by atomic mass is 9.78. The molecular formula is C47H40N2. The van der Waals surface area contributed by atoms with E-state index in [1.165, 1.54) is 50.1 Å². The van der Waals surface area contributed by atoms with Gasteiger partial charge in [0.05, 0.1) is 11.2 Å². The van der Waals surface area contributed by atoms with Gasteiger partial charge in [-0.2, -0.15) is 0 Å². The first kappa shape index (κ1) is 31.7. The third-order valence-corrected chi connectivity index (χ3v) is 9.35. The van der Waals surface area contributed by atoms with Crippen LogP contribution in [0.25, 0.3) is 55.8 Å². The van der Waals surface area contributed by atoms with Crippen LogP contribution in [-0.4, -0.2) is 9.97 Å².